The van der Waals surface area contributed by atoms with Crippen LogP contribution >= 0.6 is 0 Å². The van der Waals surface area contributed by atoms with Gasteiger partial charge in [-0.2, -0.15) is 0 Å². The molecule has 0 bridgehead atoms. The fraction of sp³-hybridized carbons (Fsp3) is 0.731. The zero-order chi connectivity index (χ0) is 20.1. The topological polar surface area (TPSA) is 17.8 Å². The molecule has 0 fully saturated rings. The van der Waals surface area contributed by atoms with Gasteiger partial charge in [0.1, 0.15) is 5.82 Å². The van der Waals surface area contributed by atoms with Crippen molar-refractivity contribution in [2.75, 3.05) is 0 Å². The maximum absolute atomic E-state index is 4.73. The number of hydrogen-bond donors (Lipinski definition) is 0. The molecule has 1 heterocycles. The summed E-state index contributed by atoms with van der Waals surface area (Å²) in [5, 5.41) is 0. The molecule has 0 amide bonds. The number of allylic oxidation sites excluding steroid dienone is 4. The molecular formula is C26H44N2. The van der Waals surface area contributed by atoms with Crippen molar-refractivity contribution >= 4 is 0 Å². The second-order valence-corrected chi connectivity index (χ2v) is 8.95. The summed E-state index contributed by atoms with van der Waals surface area (Å²) in [5.41, 5.74) is 0.259. The third-order valence-electron chi connectivity index (χ3n) is 6.63. The highest BCUT2D eigenvalue weighted by atomic mass is 15.1. The molecule has 0 radical (unpaired) electrons. The van der Waals surface area contributed by atoms with Crippen molar-refractivity contribution < 1.29 is 0 Å². The number of imidazole rings is 1. The quantitative estimate of drug-likeness (QED) is 0.278. The van der Waals surface area contributed by atoms with E-state index in [0.29, 0.717) is 6.04 Å². The lowest BCUT2D eigenvalue weighted by atomic mass is 9.76. The molecule has 2 heteroatoms. The van der Waals surface area contributed by atoms with Crippen molar-refractivity contribution in [1.29, 1.82) is 0 Å². The van der Waals surface area contributed by atoms with Crippen LogP contribution in [0, 0.1) is 5.41 Å². The average molecular weight is 385 g/mol. The van der Waals surface area contributed by atoms with E-state index in [-0.39, 0.29) is 5.41 Å². The number of hydrogen-bond acceptors (Lipinski definition) is 1. The van der Waals surface area contributed by atoms with Crippen LogP contribution in [0.1, 0.15) is 116 Å². The first kappa shape index (κ1) is 23.0. The van der Waals surface area contributed by atoms with E-state index in [2.05, 4.69) is 55.8 Å². The van der Waals surface area contributed by atoms with Crippen LogP contribution in [0.2, 0.25) is 0 Å². The summed E-state index contributed by atoms with van der Waals surface area (Å²) in [6.45, 7) is 6.97. The van der Waals surface area contributed by atoms with Crippen molar-refractivity contribution in [2.24, 2.45) is 5.41 Å². The van der Waals surface area contributed by atoms with Gasteiger partial charge in [-0.1, -0.05) is 102 Å². The Balaban J connectivity index is 1.67. The third-order valence-corrected chi connectivity index (χ3v) is 6.63. The van der Waals surface area contributed by atoms with Gasteiger partial charge in [0.25, 0.3) is 0 Å². The number of aromatic nitrogens is 2. The Kier molecular flexibility index (Phi) is 10.7. The third kappa shape index (κ3) is 7.60. The van der Waals surface area contributed by atoms with Crippen LogP contribution in [-0.2, 0) is 6.42 Å². The molecule has 0 saturated carbocycles. The smallest absolute Gasteiger partial charge is 0.109 e. The fourth-order valence-corrected chi connectivity index (χ4v) is 4.49. The molecule has 28 heavy (non-hydrogen) atoms. The Bertz CT molecular complexity index is 583. The van der Waals surface area contributed by atoms with Crippen molar-refractivity contribution in [3.05, 3.63) is 42.5 Å². The predicted octanol–water partition coefficient (Wildman–Crippen LogP) is 8.21. The molecule has 2 atom stereocenters. The number of nitrogens with zero attached hydrogens (tertiary/aromatic N) is 2. The molecule has 2 rings (SSSR count). The van der Waals surface area contributed by atoms with Crippen LogP contribution in [0.4, 0.5) is 0 Å². The minimum Gasteiger partial charge on any atom is -0.332 e. The highest BCUT2D eigenvalue weighted by molar-refractivity contribution is 5.18. The first-order chi connectivity index (χ1) is 13.7. The van der Waals surface area contributed by atoms with Gasteiger partial charge < -0.3 is 4.57 Å². The first-order valence-corrected chi connectivity index (χ1v) is 12.1. The minimum atomic E-state index is 0.259. The van der Waals surface area contributed by atoms with Gasteiger partial charge in [0, 0.05) is 24.9 Å². The fourth-order valence-electron chi connectivity index (χ4n) is 4.49. The SMILES string of the molecule is CCCCCCCCCCCCC(C)n1ccnc1CC1(CC)C=CC=CC1. The molecular weight excluding hydrogens is 340 g/mol. The Labute approximate surface area is 174 Å². The van der Waals surface area contributed by atoms with Crippen molar-refractivity contribution in [2.45, 2.75) is 117 Å². The van der Waals surface area contributed by atoms with E-state index in [9.17, 15) is 0 Å². The van der Waals surface area contributed by atoms with E-state index in [1.165, 1.54) is 82.9 Å². The molecule has 0 aromatic carbocycles. The van der Waals surface area contributed by atoms with E-state index >= 15 is 0 Å². The van der Waals surface area contributed by atoms with Gasteiger partial charge in [-0.15, -0.1) is 0 Å². The molecule has 1 aliphatic rings. The van der Waals surface area contributed by atoms with E-state index in [0.717, 1.165) is 12.8 Å². The zero-order valence-corrected chi connectivity index (χ0v) is 18.8. The Morgan fingerprint density at radius 3 is 2.25 bits per heavy atom. The maximum Gasteiger partial charge on any atom is 0.109 e. The van der Waals surface area contributed by atoms with Crippen molar-refractivity contribution in [3.63, 3.8) is 0 Å². The second-order valence-electron chi connectivity index (χ2n) is 8.95. The number of rotatable bonds is 15. The molecule has 158 valence electrons. The minimum absolute atomic E-state index is 0.259. The van der Waals surface area contributed by atoms with Crippen LogP contribution in [0.3, 0.4) is 0 Å². The van der Waals surface area contributed by atoms with Crippen LogP contribution < -0.4 is 0 Å². The Morgan fingerprint density at radius 1 is 0.964 bits per heavy atom. The van der Waals surface area contributed by atoms with Gasteiger partial charge in [0.15, 0.2) is 0 Å². The first-order valence-electron chi connectivity index (χ1n) is 12.1. The molecule has 1 aromatic rings. The highest BCUT2D eigenvalue weighted by Gasteiger charge is 2.27. The van der Waals surface area contributed by atoms with Crippen molar-refractivity contribution in [3.8, 4) is 0 Å². The van der Waals surface area contributed by atoms with Crippen LogP contribution in [0.25, 0.3) is 0 Å². The van der Waals surface area contributed by atoms with Gasteiger partial charge in [0.05, 0.1) is 0 Å². The summed E-state index contributed by atoms with van der Waals surface area (Å²) in [5.74, 6) is 1.27. The van der Waals surface area contributed by atoms with Gasteiger partial charge >= 0.3 is 0 Å². The molecule has 2 unspecified atom stereocenters. The average Bonchev–Trinajstić information content (AvgIpc) is 3.18. The standard InChI is InChI=1S/C26H44N2/c1-4-6-7-8-9-10-11-12-13-15-18-24(3)28-22-21-27-25(28)23-26(5-2)19-16-14-17-20-26/h14,16-17,19,21-22,24H,4-13,15,18,20,23H2,1-3H3. The zero-order valence-electron chi connectivity index (χ0n) is 18.8. The maximum atomic E-state index is 4.73. The second kappa shape index (κ2) is 13.0. The summed E-state index contributed by atoms with van der Waals surface area (Å²) in [7, 11) is 0. The van der Waals surface area contributed by atoms with Crippen molar-refractivity contribution in [1.82, 2.24) is 9.55 Å². The predicted molar refractivity (Wildman–Crippen MR) is 123 cm³/mol. The summed E-state index contributed by atoms with van der Waals surface area (Å²) < 4.78 is 2.44. The highest BCUT2D eigenvalue weighted by Crippen LogP contribution is 2.35. The summed E-state index contributed by atoms with van der Waals surface area (Å²) in [4.78, 5) is 4.73. The normalized spacial score (nSPS) is 20.0. The molecule has 0 N–H and O–H groups in total. The lowest BCUT2D eigenvalue weighted by molar-refractivity contribution is 0.342. The van der Waals surface area contributed by atoms with Crippen LogP contribution in [-0.4, -0.2) is 9.55 Å². The molecule has 1 aliphatic carbocycles. The summed E-state index contributed by atoms with van der Waals surface area (Å²) in [6, 6.07) is 0.559. The van der Waals surface area contributed by atoms with E-state index in [1.54, 1.807) is 0 Å². The molecule has 0 spiro atoms. The lowest BCUT2D eigenvalue weighted by Crippen LogP contribution is -2.23. The van der Waals surface area contributed by atoms with Gasteiger partial charge in [-0.05, 0) is 31.6 Å². The van der Waals surface area contributed by atoms with Gasteiger partial charge in [-0.25, -0.2) is 4.98 Å². The van der Waals surface area contributed by atoms with E-state index in [1.807, 2.05) is 6.20 Å². The van der Waals surface area contributed by atoms with E-state index in [4.69, 9.17) is 4.98 Å². The summed E-state index contributed by atoms with van der Waals surface area (Å²) in [6.07, 6.45) is 32.0. The molecule has 0 saturated heterocycles. The van der Waals surface area contributed by atoms with Gasteiger partial charge in [-0.3, -0.25) is 0 Å². The Morgan fingerprint density at radius 2 is 1.64 bits per heavy atom. The largest absolute Gasteiger partial charge is 0.332 e. The molecule has 0 aliphatic heterocycles. The monoisotopic (exact) mass is 384 g/mol. The lowest BCUT2D eigenvalue weighted by Gasteiger charge is -2.30. The molecule has 2 nitrogen and oxygen atoms in total. The van der Waals surface area contributed by atoms with E-state index < -0.39 is 0 Å². The number of unbranched alkanes of at least 4 members (excludes halogenated alkanes) is 9. The van der Waals surface area contributed by atoms with Crippen LogP contribution in [0.5, 0.6) is 0 Å². The summed E-state index contributed by atoms with van der Waals surface area (Å²) >= 11 is 0. The van der Waals surface area contributed by atoms with Crippen LogP contribution in [0.15, 0.2) is 36.7 Å². The molecule has 1 aromatic heterocycles. The Hall–Kier alpha value is -1.31. The van der Waals surface area contributed by atoms with Gasteiger partial charge in [0.2, 0.25) is 0 Å².